The van der Waals surface area contributed by atoms with Crippen LogP contribution in [0.1, 0.15) is 77.6 Å². The van der Waals surface area contributed by atoms with Gasteiger partial charge < -0.3 is 20.3 Å². The van der Waals surface area contributed by atoms with Crippen molar-refractivity contribution in [3.05, 3.63) is 34.9 Å². The SMILES string of the molecule is Cc1ccc(C(C(=O)NC(C)(C)C)N(C(=O)C(CS)NC(=O)OC(C)(C)C)C2CC2C)cc1C. The smallest absolute Gasteiger partial charge is 0.408 e. The lowest BCUT2D eigenvalue weighted by atomic mass is 9.97. The molecule has 1 aliphatic rings. The third-order valence-electron chi connectivity index (χ3n) is 5.72. The van der Waals surface area contributed by atoms with Crippen molar-refractivity contribution in [2.45, 2.75) is 98.0 Å². The highest BCUT2D eigenvalue weighted by Crippen LogP contribution is 2.41. The van der Waals surface area contributed by atoms with E-state index in [-0.39, 0.29) is 29.5 Å². The van der Waals surface area contributed by atoms with Crippen LogP contribution in [0.3, 0.4) is 0 Å². The maximum absolute atomic E-state index is 13.9. The molecule has 8 heteroatoms. The Balaban J connectivity index is 2.48. The van der Waals surface area contributed by atoms with Gasteiger partial charge in [-0.3, -0.25) is 9.59 Å². The fourth-order valence-corrected chi connectivity index (χ4v) is 4.05. The number of rotatable bonds is 7. The fourth-order valence-electron chi connectivity index (χ4n) is 3.80. The third kappa shape index (κ3) is 7.65. The second-order valence-corrected chi connectivity index (χ2v) is 11.8. The molecule has 0 bridgehead atoms. The van der Waals surface area contributed by atoms with Gasteiger partial charge in [-0.25, -0.2) is 4.79 Å². The van der Waals surface area contributed by atoms with E-state index in [4.69, 9.17) is 4.74 Å². The molecule has 0 radical (unpaired) electrons. The van der Waals surface area contributed by atoms with Crippen LogP contribution in [0.15, 0.2) is 18.2 Å². The molecule has 0 aliphatic heterocycles. The van der Waals surface area contributed by atoms with Crippen molar-refractivity contribution in [2.24, 2.45) is 5.92 Å². The van der Waals surface area contributed by atoms with Crippen molar-refractivity contribution < 1.29 is 19.1 Å². The molecule has 2 N–H and O–H groups in total. The molecule has 0 saturated heterocycles. The van der Waals surface area contributed by atoms with Gasteiger partial charge in [-0.15, -0.1) is 0 Å². The molecule has 0 heterocycles. The van der Waals surface area contributed by atoms with Crippen molar-refractivity contribution in [1.29, 1.82) is 0 Å². The molecule has 1 aromatic carbocycles. The highest BCUT2D eigenvalue weighted by atomic mass is 32.1. The number of nitrogens with zero attached hydrogens (tertiary/aromatic N) is 1. The number of amides is 3. The third-order valence-corrected chi connectivity index (χ3v) is 6.09. The summed E-state index contributed by atoms with van der Waals surface area (Å²) in [7, 11) is 0. The average Bonchev–Trinajstić information content (AvgIpc) is 3.39. The minimum atomic E-state index is -0.928. The minimum Gasteiger partial charge on any atom is -0.444 e. The number of carbonyl (C=O) groups excluding carboxylic acids is 3. The Kier molecular flexibility index (Phi) is 8.72. The molecular weight excluding hydrogens is 450 g/mol. The van der Waals surface area contributed by atoms with E-state index in [9.17, 15) is 14.4 Å². The minimum absolute atomic E-state index is 0.0796. The fraction of sp³-hybridized carbons (Fsp3) is 0.654. The van der Waals surface area contributed by atoms with Gasteiger partial charge in [0.05, 0.1) is 0 Å². The van der Waals surface area contributed by atoms with Crippen LogP contribution in [0.4, 0.5) is 4.79 Å². The summed E-state index contributed by atoms with van der Waals surface area (Å²) in [5.41, 5.74) is 1.72. The van der Waals surface area contributed by atoms with E-state index in [1.807, 2.05) is 52.8 Å². The van der Waals surface area contributed by atoms with E-state index in [1.165, 1.54) is 0 Å². The quantitative estimate of drug-likeness (QED) is 0.496. The second-order valence-electron chi connectivity index (χ2n) is 11.4. The largest absolute Gasteiger partial charge is 0.444 e. The van der Waals surface area contributed by atoms with Crippen molar-refractivity contribution in [2.75, 3.05) is 5.75 Å². The van der Waals surface area contributed by atoms with Crippen LogP contribution in [0, 0.1) is 19.8 Å². The molecule has 1 aliphatic carbocycles. The molecule has 190 valence electrons. The predicted molar refractivity (Wildman–Crippen MR) is 138 cm³/mol. The van der Waals surface area contributed by atoms with Crippen LogP contribution in [-0.2, 0) is 14.3 Å². The summed E-state index contributed by atoms with van der Waals surface area (Å²) < 4.78 is 5.35. The lowest BCUT2D eigenvalue weighted by molar-refractivity contribution is -0.143. The second kappa shape index (κ2) is 10.6. The Morgan fingerprint density at radius 3 is 2.15 bits per heavy atom. The van der Waals surface area contributed by atoms with E-state index in [2.05, 4.69) is 30.2 Å². The standard InChI is InChI=1S/C26H41N3O4S/c1-15-10-11-18(12-16(15)2)21(22(30)28-25(4,5)6)29(20-13-17(20)3)23(31)19(14-34)27-24(32)33-26(7,8)9/h10-12,17,19-21,34H,13-14H2,1-9H3,(H,27,32)(H,28,30). The first-order valence-electron chi connectivity index (χ1n) is 11.9. The van der Waals surface area contributed by atoms with Crippen LogP contribution in [0.2, 0.25) is 0 Å². The van der Waals surface area contributed by atoms with Gasteiger partial charge in [-0.05, 0) is 84.4 Å². The number of hydrogen-bond donors (Lipinski definition) is 3. The topological polar surface area (TPSA) is 87.7 Å². The molecule has 1 aromatic rings. The van der Waals surface area contributed by atoms with Crippen molar-refractivity contribution in [1.82, 2.24) is 15.5 Å². The summed E-state index contributed by atoms with van der Waals surface area (Å²) >= 11 is 4.33. The molecule has 1 fully saturated rings. The molecule has 0 spiro atoms. The van der Waals surface area contributed by atoms with Crippen LogP contribution < -0.4 is 10.6 Å². The maximum Gasteiger partial charge on any atom is 0.408 e. The number of ether oxygens (including phenoxy) is 1. The van der Waals surface area contributed by atoms with Crippen LogP contribution in [0.25, 0.3) is 0 Å². The molecule has 3 amide bonds. The zero-order valence-electron chi connectivity index (χ0n) is 22.0. The van der Waals surface area contributed by atoms with E-state index < -0.39 is 29.3 Å². The molecule has 34 heavy (non-hydrogen) atoms. The summed E-state index contributed by atoms with van der Waals surface area (Å²) in [6, 6.07) is 3.97. The first-order chi connectivity index (χ1) is 15.5. The molecule has 7 nitrogen and oxygen atoms in total. The van der Waals surface area contributed by atoms with Gasteiger partial charge in [0.15, 0.2) is 0 Å². The van der Waals surface area contributed by atoms with E-state index in [1.54, 1.807) is 25.7 Å². The molecule has 1 saturated carbocycles. The van der Waals surface area contributed by atoms with Gasteiger partial charge in [0.1, 0.15) is 17.7 Å². The van der Waals surface area contributed by atoms with Crippen LogP contribution >= 0.6 is 12.6 Å². The number of benzene rings is 1. The van der Waals surface area contributed by atoms with Gasteiger partial charge in [0.25, 0.3) is 0 Å². The van der Waals surface area contributed by atoms with E-state index in [0.29, 0.717) is 0 Å². The lowest BCUT2D eigenvalue weighted by Crippen LogP contribution is -2.56. The number of thiol groups is 1. The average molecular weight is 492 g/mol. The van der Waals surface area contributed by atoms with Crippen molar-refractivity contribution >= 4 is 30.5 Å². The highest BCUT2D eigenvalue weighted by molar-refractivity contribution is 7.80. The Labute approximate surface area is 209 Å². The predicted octanol–water partition coefficient (Wildman–Crippen LogP) is 4.32. The molecule has 0 aromatic heterocycles. The summed E-state index contributed by atoms with van der Waals surface area (Å²) in [6.45, 7) is 17.1. The summed E-state index contributed by atoms with van der Waals surface area (Å²) in [5.74, 6) is -0.264. The van der Waals surface area contributed by atoms with Gasteiger partial charge in [0, 0.05) is 17.3 Å². The Morgan fingerprint density at radius 2 is 1.71 bits per heavy atom. The molecule has 4 unspecified atom stereocenters. The number of hydrogen-bond acceptors (Lipinski definition) is 5. The summed E-state index contributed by atoms with van der Waals surface area (Å²) in [4.78, 5) is 41.6. The number of aryl methyl sites for hydroxylation is 2. The van der Waals surface area contributed by atoms with E-state index in [0.717, 1.165) is 23.1 Å². The Hall–Kier alpha value is -2.22. The van der Waals surface area contributed by atoms with Gasteiger partial charge >= 0.3 is 6.09 Å². The Bertz CT molecular complexity index is 920. The van der Waals surface area contributed by atoms with Crippen molar-refractivity contribution in [3.8, 4) is 0 Å². The molecule has 4 atom stereocenters. The zero-order valence-corrected chi connectivity index (χ0v) is 22.9. The van der Waals surface area contributed by atoms with Gasteiger partial charge in [-0.1, -0.05) is 25.1 Å². The lowest BCUT2D eigenvalue weighted by Gasteiger charge is -2.36. The summed E-state index contributed by atoms with van der Waals surface area (Å²) in [6.07, 6.45) is 0.104. The zero-order chi connectivity index (χ0) is 26.0. The number of nitrogens with one attached hydrogen (secondary N) is 2. The maximum atomic E-state index is 13.9. The highest BCUT2D eigenvalue weighted by Gasteiger charge is 2.48. The summed E-state index contributed by atoms with van der Waals surface area (Å²) in [5, 5.41) is 5.70. The van der Waals surface area contributed by atoms with Crippen LogP contribution in [0.5, 0.6) is 0 Å². The van der Waals surface area contributed by atoms with Gasteiger partial charge in [-0.2, -0.15) is 12.6 Å². The Morgan fingerprint density at radius 1 is 1.12 bits per heavy atom. The normalized spacial score (nSPS) is 19.6. The first kappa shape index (κ1) is 28.0. The molecule has 2 rings (SSSR count). The van der Waals surface area contributed by atoms with Gasteiger partial charge in [0.2, 0.25) is 11.8 Å². The van der Waals surface area contributed by atoms with Crippen LogP contribution in [-0.4, -0.2) is 51.8 Å². The number of carbonyl (C=O) groups is 3. The first-order valence-corrected chi connectivity index (χ1v) is 12.5. The van der Waals surface area contributed by atoms with Crippen molar-refractivity contribution in [3.63, 3.8) is 0 Å². The molecular formula is C26H41N3O4S. The van der Waals surface area contributed by atoms with E-state index >= 15 is 0 Å². The monoisotopic (exact) mass is 491 g/mol. The number of alkyl carbamates (subject to hydrolysis) is 1.